The highest BCUT2D eigenvalue weighted by atomic mass is 31.2. The van der Waals surface area contributed by atoms with Crippen LogP contribution in [0, 0.1) is 0 Å². The Hall–Kier alpha value is -0.460. The number of rotatable bonds is 10. The normalized spacial score (nSPS) is 11.0. The lowest BCUT2D eigenvalue weighted by molar-refractivity contribution is -0.144. The number of ether oxygens (including phenoxy) is 1. The maximum absolute atomic E-state index is 11.0. The molecule has 0 saturated carbocycles. The molecule has 0 amide bonds. The third kappa shape index (κ3) is 15.7. The molecule has 0 bridgehead atoms. The van der Waals surface area contributed by atoms with Crippen molar-refractivity contribution in [1.29, 1.82) is 0 Å². The summed E-state index contributed by atoms with van der Waals surface area (Å²) >= 11 is 0. The van der Waals surface area contributed by atoms with E-state index in [1.807, 2.05) is 11.8 Å². The molecule has 1 N–H and O–H groups in total. The first-order valence-corrected chi connectivity index (χ1v) is 9.21. The average Bonchev–Trinajstić information content (AvgIpc) is 2.39. The number of esters is 1. The molecular formula is C13H30NO6P. The summed E-state index contributed by atoms with van der Waals surface area (Å²) in [7, 11) is -2.69. The minimum atomic E-state index is -2.69. The minimum absolute atomic E-state index is 0.0766. The van der Waals surface area contributed by atoms with Crippen molar-refractivity contribution < 1.29 is 28.3 Å². The van der Waals surface area contributed by atoms with E-state index >= 15 is 0 Å². The van der Waals surface area contributed by atoms with E-state index in [9.17, 15) is 9.36 Å². The summed E-state index contributed by atoms with van der Waals surface area (Å²) in [5.41, 5.74) is 0. The second-order valence-corrected chi connectivity index (χ2v) is 6.06. The minimum Gasteiger partial charge on any atom is -0.465 e. The van der Waals surface area contributed by atoms with Crippen LogP contribution in [0.1, 0.15) is 27.7 Å². The van der Waals surface area contributed by atoms with Gasteiger partial charge in [0, 0.05) is 13.2 Å². The summed E-state index contributed by atoms with van der Waals surface area (Å²) in [6.07, 6.45) is 0. The topological polar surface area (TPSA) is 85.3 Å². The van der Waals surface area contributed by atoms with Gasteiger partial charge in [0.2, 0.25) is 0 Å². The van der Waals surface area contributed by atoms with Gasteiger partial charge in [0.15, 0.2) is 0 Å². The molecule has 0 unspecified atom stereocenters. The highest BCUT2D eigenvalue weighted by molar-refractivity contribution is 7.52. The van der Waals surface area contributed by atoms with E-state index in [0.29, 0.717) is 26.4 Å². The number of aliphatic hydroxyl groups excluding tert-OH is 1. The van der Waals surface area contributed by atoms with E-state index in [2.05, 4.69) is 0 Å². The van der Waals surface area contributed by atoms with E-state index in [4.69, 9.17) is 18.9 Å². The molecule has 8 heteroatoms. The molecule has 0 aliphatic rings. The van der Waals surface area contributed by atoms with Gasteiger partial charge < -0.3 is 18.9 Å². The van der Waals surface area contributed by atoms with Gasteiger partial charge >= 0.3 is 13.6 Å². The number of nitrogens with zero attached hydrogens (tertiary/aromatic N) is 1. The molecule has 0 radical (unpaired) electrons. The zero-order chi connectivity index (χ0) is 16.7. The lowest BCUT2D eigenvalue weighted by atomic mass is 10.4. The quantitative estimate of drug-likeness (QED) is 0.483. The Morgan fingerprint density at radius 2 is 1.62 bits per heavy atom. The van der Waals surface area contributed by atoms with Crippen molar-refractivity contribution >= 4 is 13.6 Å². The summed E-state index contributed by atoms with van der Waals surface area (Å²) in [6, 6.07) is 0. The van der Waals surface area contributed by atoms with Crippen LogP contribution in [-0.2, 0) is 23.1 Å². The maximum Gasteiger partial charge on any atom is 0.327 e. The third-order valence-electron chi connectivity index (χ3n) is 2.25. The summed E-state index contributed by atoms with van der Waals surface area (Å²) in [5.74, 6) is -0.229. The van der Waals surface area contributed by atoms with E-state index in [0.717, 1.165) is 6.54 Å². The van der Waals surface area contributed by atoms with Gasteiger partial charge in [-0.2, -0.15) is 0 Å². The predicted molar refractivity (Wildman–Crippen MR) is 82.6 cm³/mol. The molecular weight excluding hydrogens is 297 g/mol. The van der Waals surface area contributed by atoms with Crippen LogP contribution in [-0.4, -0.2) is 68.7 Å². The highest BCUT2D eigenvalue weighted by Crippen LogP contribution is 2.43. The number of carbonyl (C=O) groups excluding carboxylic acids is 1. The Balaban J connectivity index is 0. The van der Waals surface area contributed by atoms with Gasteiger partial charge in [-0.3, -0.25) is 14.3 Å². The molecule has 0 heterocycles. The van der Waals surface area contributed by atoms with Gasteiger partial charge in [0.25, 0.3) is 0 Å². The number of aliphatic hydroxyl groups is 1. The average molecular weight is 327 g/mol. The zero-order valence-corrected chi connectivity index (χ0v) is 14.7. The standard InChI is InChI=1S/C8H17NO3.C5H13O3P/c1-3-9(5-6-10)7-8(11)12-4-2;1-4-7-9(3,6)8-5-2/h10H,3-7H2,1-2H3;4-5H2,1-3H3. The van der Waals surface area contributed by atoms with Gasteiger partial charge in [-0.05, 0) is 27.3 Å². The van der Waals surface area contributed by atoms with E-state index < -0.39 is 7.60 Å². The molecule has 0 aromatic rings. The van der Waals surface area contributed by atoms with Gasteiger partial charge in [0.05, 0.1) is 33.0 Å². The van der Waals surface area contributed by atoms with Crippen molar-refractivity contribution in [3.63, 3.8) is 0 Å². The smallest absolute Gasteiger partial charge is 0.327 e. The number of likely N-dealkylation sites (N-methyl/N-ethyl adjacent to an activating group) is 1. The van der Waals surface area contributed by atoms with Crippen molar-refractivity contribution in [1.82, 2.24) is 4.90 Å². The fourth-order valence-corrected chi connectivity index (χ4v) is 2.40. The fourth-order valence-electron chi connectivity index (χ4n) is 1.39. The summed E-state index contributed by atoms with van der Waals surface area (Å²) in [5, 5.41) is 8.62. The van der Waals surface area contributed by atoms with Crippen molar-refractivity contribution in [2.75, 3.05) is 52.7 Å². The Labute approximate surface area is 128 Å². The van der Waals surface area contributed by atoms with Crippen LogP contribution in [0.3, 0.4) is 0 Å². The Morgan fingerprint density at radius 1 is 1.10 bits per heavy atom. The van der Waals surface area contributed by atoms with Crippen molar-refractivity contribution in [3.8, 4) is 0 Å². The Kier molecular flexibility index (Phi) is 15.7. The lowest BCUT2D eigenvalue weighted by Crippen LogP contribution is -2.33. The number of hydrogen-bond acceptors (Lipinski definition) is 7. The molecule has 128 valence electrons. The SMILES string of the molecule is CCOC(=O)CN(CC)CCO.CCOP(C)(=O)OCC. The van der Waals surface area contributed by atoms with E-state index in [1.165, 1.54) is 6.66 Å². The van der Waals surface area contributed by atoms with Crippen LogP contribution in [0.4, 0.5) is 0 Å². The molecule has 21 heavy (non-hydrogen) atoms. The molecule has 0 fully saturated rings. The molecule has 0 aromatic heterocycles. The van der Waals surface area contributed by atoms with Crippen LogP contribution in [0.15, 0.2) is 0 Å². The third-order valence-corrected chi connectivity index (χ3v) is 3.70. The summed E-state index contributed by atoms with van der Waals surface area (Å²) in [4.78, 5) is 12.8. The second-order valence-electron chi connectivity index (χ2n) is 4.00. The maximum atomic E-state index is 11.0. The van der Waals surface area contributed by atoms with Crippen molar-refractivity contribution in [2.24, 2.45) is 0 Å². The van der Waals surface area contributed by atoms with Crippen molar-refractivity contribution in [3.05, 3.63) is 0 Å². The van der Waals surface area contributed by atoms with Gasteiger partial charge in [-0.1, -0.05) is 6.92 Å². The van der Waals surface area contributed by atoms with Crippen LogP contribution >= 0.6 is 7.60 Å². The first-order valence-electron chi connectivity index (χ1n) is 7.22. The van der Waals surface area contributed by atoms with E-state index in [-0.39, 0.29) is 19.1 Å². The summed E-state index contributed by atoms with van der Waals surface area (Å²) in [6.45, 7) is 11.7. The molecule has 0 saturated heterocycles. The molecule has 0 atom stereocenters. The molecule has 7 nitrogen and oxygen atoms in total. The Bertz CT molecular complexity index is 290. The summed E-state index contributed by atoms with van der Waals surface area (Å²) < 4.78 is 25.3. The van der Waals surface area contributed by atoms with Gasteiger partial charge in [0.1, 0.15) is 0 Å². The molecule has 0 rings (SSSR count). The van der Waals surface area contributed by atoms with E-state index in [1.54, 1.807) is 20.8 Å². The first-order chi connectivity index (χ1) is 9.86. The Morgan fingerprint density at radius 3 is 1.95 bits per heavy atom. The van der Waals surface area contributed by atoms with Crippen molar-refractivity contribution in [2.45, 2.75) is 27.7 Å². The highest BCUT2D eigenvalue weighted by Gasteiger charge is 2.13. The van der Waals surface area contributed by atoms with Crippen LogP contribution in [0.25, 0.3) is 0 Å². The molecule has 0 aromatic carbocycles. The van der Waals surface area contributed by atoms with Gasteiger partial charge in [-0.25, -0.2) is 0 Å². The van der Waals surface area contributed by atoms with Gasteiger partial charge in [-0.15, -0.1) is 0 Å². The largest absolute Gasteiger partial charge is 0.465 e. The second kappa shape index (κ2) is 14.5. The lowest BCUT2D eigenvalue weighted by Gasteiger charge is -2.17. The fraction of sp³-hybridized carbons (Fsp3) is 0.923. The molecule has 0 aliphatic heterocycles. The predicted octanol–water partition coefficient (Wildman–Crippen LogP) is 1.75. The first kappa shape index (κ1) is 22.8. The zero-order valence-electron chi connectivity index (χ0n) is 13.8. The monoisotopic (exact) mass is 327 g/mol. The van der Waals surface area contributed by atoms with Crippen LogP contribution in [0.5, 0.6) is 0 Å². The molecule has 0 spiro atoms. The number of hydrogen-bond donors (Lipinski definition) is 1. The van der Waals surface area contributed by atoms with Crippen LogP contribution < -0.4 is 0 Å². The van der Waals surface area contributed by atoms with Crippen LogP contribution in [0.2, 0.25) is 0 Å². The molecule has 0 aliphatic carbocycles. The number of carbonyl (C=O) groups is 1.